The number of nitrogens with two attached hydrogens (primary N) is 1. The Morgan fingerprint density at radius 2 is 2.08 bits per heavy atom. The van der Waals surface area contributed by atoms with E-state index in [0.29, 0.717) is 22.9 Å². The van der Waals surface area contributed by atoms with E-state index in [1.165, 1.54) is 25.5 Å². The van der Waals surface area contributed by atoms with Crippen LogP contribution in [0.15, 0.2) is 24.7 Å². The molecule has 0 aliphatic carbocycles. The Balaban J connectivity index is 2.34. The number of hydrogen-bond acceptors (Lipinski definition) is 7. The van der Waals surface area contributed by atoms with Gasteiger partial charge in [-0.05, 0) is 12.5 Å². The van der Waals surface area contributed by atoms with Gasteiger partial charge in [0.1, 0.15) is 17.6 Å². The molecule has 1 unspecified atom stereocenters. The fraction of sp³-hybridized carbons (Fsp3) is 0.267. The minimum Gasteiger partial charge on any atom is -0.368 e. The van der Waals surface area contributed by atoms with Crippen LogP contribution in [-0.4, -0.2) is 32.7 Å². The summed E-state index contributed by atoms with van der Waals surface area (Å²) in [4.78, 5) is 35.4. The number of primary amides is 1. The van der Waals surface area contributed by atoms with E-state index in [1.54, 1.807) is 6.07 Å². The third-order valence-electron chi connectivity index (χ3n) is 3.15. The van der Waals surface area contributed by atoms with Crippen LogP contribution in [0.4, 0.5) is 17.3 Å². The number of aromatic nitrogens is 3. The first-order valence-corrected chi connectivity index (χ1v) is 7.60. The molecule has 1 atom stereocenters. The molecule has 8 nitrogen and oxygen atoms in total. The van der Waals surface area contributed by atoms with Gasteiger partial charge in [0.15, 0.2) is 11.6 Å². The summed E-state index contributed by atoms with van der Waals surface area (Å²) < 4.78 is 0. The summed E-state index contributed by atoms with van der Waals surface area (Å²) in [6.45, 7) is 3.20. The summed E-state index contributed by atoms with van der Waals surface area (Å²) in [7, 11) is 0. The first-order chi connectivity index (χ1) is 11.4. The summed E-state index contributed by atoms with van der Waals surface area (Å²) in [6.07, 6.45) is 4.90. The van der Waals surface area contributed by atoms with Crippen LogP contribution in [0.5, 0.6) is 0 Å². The van der Waals surface area contributed by atoms with Gasteiger partial charge in [0.25, 0.3) is 0 Å². The van der Waals surface area contributed by atoms with Crippen molar-refractivity contribution in [2.75, 3.05) is 10.6 Å². The molecule has 9 heteroatoms. The van der Waals surface area contributed by atoms with Crippen LogP contribution in [0.25, 0.3) is 0 Å². The Kier molecular flexibility index (Phi) is 5.64. The maximum absolute atomic E-state index is 11.7. The Morgan fingerprint density at radius 1 is 1.33 bits per heavy atom. The quantitative estimate of drug-likeness (QED) is 0.655. The maximum atomic E-state index is 11.7. The number of nitrogens with zero attached hydrogens (tertiary/aromatic N) is 3. The van der Waals surface area contributed by atoms with E-state index in [4.69, 9.17) is 17.3 Å². The first kappa shape index (κ1) is 17.6. The Morgan fingerprint density at radius 3 is 2.67 bits per heavy atom. The summed E-state index contributed by atoms with van der Waals surface area (Å²) >= 11 is 5.90. The molecule has 24 heavy (non-hydrogen) atoms. The molecule has 2 rings (SSSR count). The van der Waals surface area contributed by atoms with Crippen LogP contribution in [0, 0.1) is 0 Å². The number of nitrogens with one attached hydrogen (secondary N) is 2. The van der Waals surface area contributed by atoms with Crippen molar-refractivity contribution < 1.29 is 9.59 Å². The van der Waals surface area contributed by atoms with Crippen LogP contribution >= 0.6 is 11.6 Å². The van der Waals surface area contributed by atoms with Crippen molar-refractivity contribution in [2.45, 2.75) is 26.3 Å². The Hall–Kier alpha value is -2.74. The second-order valence-electron chi connectivity index (χ2n) is 5.03. The maximum Gasteiger partial charge on any atom is 0.239 e. The number of carbonyl (C=O) groups excluding carboxylic acids is 2. The summed E-state index contributed by atoms with van der Waals surface area (Å²) in [5, 5.41) is 6.29. The molecule has 2 aromatic heterocycles. The number of pyridine rings is 1. The van der Waals surface area contributed by atoms with Crippen molar-refractivity contribution in [1.29, 1.82) is 0 Å². The van der Waals surface area contributed by atoms with E-state index < -0.39 is 11.9 Å². The molecule has 0 radical (unpaired) electrons. The van der Waals surface area contributed by atoms with Gasteiger partial charge in [-0.3, -0.25) is 14.6 Å². The zero-order chi connectivity index (χ0) is 17.7. The monoisotopic (exact) mass is 348 g/mol. The molecular weight excluding hydrogens is 332 g/mol. The molecule has 126 valence electrons. The molecule has 0 spiro atoms. The zero-order valence-corrected chi connectivity index (χ0v) is 14.0. The van der Waals surface area contributed by atoms with Crippen molar-refractivity contribution in [3.05, 3.63) is 35.4 Å². The first-order valence-electron chi connectivity index (χ1n) is 7.22. The van der Waals surface area contributed by atoms with Gasteiger partial charge < -0.3 is 16.4 Å². The number of Topliss-reactive ketones (excluding diaryl/α,β-unsaturated/α-hetero) is 1. The molecule has 0 saturated carbocycles. The van der Waals surface area contributed by atoms with Gasteiger partial charge in [-0.2, -0.15) is 0 Å². The highest BCUT2D eigenvalue weighted by molar-refractivity contribution is 6.30. The molecule has 0 bridgehead atoms. The van der Waals surface area contributed by atoms with Crippen molar-refractivity contribution in [3.8, 4) is 0 Å². The highest BCUT2D eigenvalue weighted by Gasteiger charge is 2.16. The standard InChI is InChI=1S/C15H17ClN6O2/c1-3-11(14(17)24)21-12-7-19-13(8(2)23)15(22-12)20-10-4-9(16)5-18-6-10/h4-7,11H,3H2,1-2H3,(H2,17,24)(H2,20,21,22). The highest BCUT2D eigenvalue weighted by Crippen LogP contribution is 2.21. The lowest BCUT2D eigenvalue weighted by Crippen LogP contribution is -2.35. The van der Waals surface area contributed by atoms with E-state index in [1.807, 2.05) is 6.92 Å². The van der Waals surface area contributed by atoms with E-state index in [2.05, 4.69) is 25.6 Å². The molecule has 0 aliphatic heterocycles. The van der Waals surface area contributed by atoms with Crippen molar-refractivity contribution in [3.63, 3.8) is 0 Å². The van der Waals surface area contributed by atoms with Crippen LogP contribution < -0.4 is 16.4 Å². The van der Waals surface area contributed by atoms with Crippen LogP contribution in [0.2, 0.25) is 5.02 Å². The fourth-order valence-corrected chi connectivity index (χ4v) is 2.15. The SMILES string of the molecule is CCC(Nc1cnc(C(C)=O)c(Nc2cncc(Cl)c2)n1)C(N)=O. The summed E-state index contributed by atoms with van der Waals surface area (Å²) in [5.74, 6) is -0.198. The number of halogens is 1. The fourth-order valence-electron chi connectivity index (χ4n) is 1.97. The predicted octanol–water partition coefficient (Wildman–Crippen LogP) is 2.15. The Labute approximate surface area is 143 Å². The molecule has 2 aromatic rings. The zero-order valence-electron chi connectivity index (χ0n) is 13.2. The third-order valence-corrected chi connectivity index (χ3v) is 3.35. The van der Waals surface area contributed by atoms with Crippen LogP contribution in [0.3, 0.4) is 0 Å². The molecule has 0 aromatic carbocycles. The average molecular weight is 349 g/mol. The van der Waals surface area contributed by atoms with Gasteiger partial charge in [-0.25, -0.2) is 9.97 Å². The van der Waals surface area contributed by atoms with Crippen molar-refractivity contribution in [2.24, 2.45) is 5.73 Å². The van der Waals surface area contributed by atoms with E-state index in [-0.39, 0.29) is 17.3 Å². The molecular formula is C15H17ClN6O2. The molecule has 2 heterocycles. The summed E-state index contributed by atoms with van der Waals surface area (Å²) in [5.41, 5.74) is 6.02. The third kappa shape index (κ3) is 4.39. The van der Waals surface area contributed by atoms with Gasteiger partial charge in [0.2, 0.25) is 5.91 Å². The van der Waals surface area contributed by atoms with Gasteiger partial charge in [0, 0.05) is 13.1 Å². The second kappa shape index (κ2) is 7.69. The lowest BCUT2D eigenvalue weighted by Gasteiger charge is -2.15. The molecule has 1 amide bonds. The van der Waals surface area contributed by atoms with E-state index in [0.717, 1.165) is 0 Å². The van der Waals surface area contributed by atoms with Gasteiger partial charge in [-0.1, -0.05) is 18.5 Å². The topological polar surface area (TPSA) is 123 Å². The van der Waals surface area contributed by atoms with Gasteiger partial charge in [-0.15, -0.1) is 0 Å². The minimum atomic E-state index is -0.580. The lowest BCUT2D eigenvalue weighted by atomic mass is 10.2. The molecule has 0 aliphatic rings. The second-order valence-corrected chi connectivity index (χ2v) is 5.47. The molecule has 0 saturated heterocycles. The van der Waals surface area contributed by atoms with Crippen LogP contribution in [-0.2, 0) is 4.79 Å². The number of rotatable bonds is 7. The van der Waals surface area contributed by atoms with Crippen molar-refractivity contribution >= 4 is 40.6 Å². The minimum absolute atomic E-state index is 0.160. The van der Waals surface area contributed by atoms with E-state index in [9.17, 15) is 9.59 Å². The van der Waals surface area contributed by atoms with Crippen molar-refractivity contribution in [1.82, 2.24) is 15.0 Å². The molecule has 0 fully saturated rings. The van der Waals surface area contributed by atoms with Gasteiger partial charge >= 0.3 is 0 Å². The Bertz CT molecular complexity index is 767. The highest BCUT2D eigenvalue weighted by atomic mass is 35.5. The average Bonchev–Trinajstić information content (AvgIpc) is 2.52. The smallest absolute Gasteiger partial charge is 0.239 e. The lowest BCUT2D eigenvalue weighted by molar-refractivity contribution is -0.118. The number of carbonyl (C=O) groups is 2. The number of anilines is 3. The number of ketones is 1. The van der Waals surface area contributed by atoms with Crippen LogP contribution in [0.1, 0.15) is 30.8 Å². The largest absolute Gasteiger partial charge is 0.368 e. The number of amides is 1. The number of hydrogen-bond donors (Lipinski definition) is 3. The predicted molar refractivity (Wildman–Crippen MR) is 91.5 cm³/mol. The summed E-state index contributed by atoms with van der Waals surface area (Å²) in [6, 6.07) is 1.06. The van der Waals surface area contributed by atoms with Gasteiger partial charge in [0.05, 0.1) is 23.1 Å². The van der Waals surface area contributed by atoms with E-state index >= 15 is 0 Å². The normalized spacial score (nSPS) is 11.6. The molecule has 4 N–H and O–H groups in total.